The van der Waals surface area contributed by atoms with Crippen LogP contribution in [0.2, 0.25) is 0 Å². The molecule has 2 saturated carbocycles. The van der Waals surface area contributed by atoms with Crippen molar-refractivity contribution in [3.63, 3.8) is 0 Å². The third-order valence-electron chi connectivity index (χ3n) is 4.84. The minimum atomic E-state index is 0.506. The number of nitrogens with zero attached hydrogens (tertiary/aromatic N) is 3. The van der Waals surface area contributed by atoms with Gasteiger partial charge in [0, 0.05) is 36.3 Å². The smallest absolute Gasteiger partial charge is 0.191 e. The van der Waals surface area contributed by atoms with E-state index in [1.807, 2.05) is 11.8 Å². The summed E-state index contributed by atoms with van der Waals surface area (Å²) in [6, 6.07) is 1.19. The first-order valence-corrected chi connectivity index (χ1v) is 9.18. The molecule has 5 nitrogen and oxygen atoms in total. The molecule has 0 spiro atoms. The average molecular weight is 308 g/mol. The summed E-state index contributed by atoms with van der Waals surface area (Å²) in [5, 5.41) is 13.6. The second-order valence-electron chi connectivity index (χ2n) is 6.55. The minimum absolute atomic E-state index is 0.506. The van der Waals surface area contributed by atoms with Gasteiger partial charge in [-0.25, -0.2) is 0 Å². The highest BCUT2D eigenvalue weighted by atomic mass is 32.2. The van der Waals surface area contributed by atoms with Crippen LogP contribution in [0.4, 0.5) is 0 Å². The summed E-state index contributed by atoms with van der Waals surface area (Å²) in [5.74, 6) is 3.64. The van der Waals surface area contributed by atoms with Crippen molar-refractivity contribution in [1.29, 1.82) is 0 Å². The van der Waals surface area contributed by atoms with Crippen LogP contribution in [0, 0.1) is 5.92 Å². The third kappa shape index (κ3) is 2.98. The van der Waals surface area contributed by atoms with Gasteiger partial charge in [0.2, 0.25) is 0 Å². The van der Waals surface area contributed by atoms with E-state index in [0.29, 0.717) is 23.9 Å². The Morgan fingerprint density at radius 1 is 1.29 bits per heavy atom. The zero-order chi connectivity index (χ0) is 14.2. The normalized spacial score (nSPS) is 27.2. The molecule has 3 aliphatic rings. The Labute approximate surface area is 130 Å². The molecule has 1 aromatic heterocycles. The van der Waals surface area contributed by atoms with E-state index in [1.54, 1.807) is 0 Å². The first-order valence-electron chi connectivity index (χ1n) is 8.19. The Kier molecular flexibility index (Phi) is 3.94. The first-order chi connectivity index (χ1) is 10.4. The van der Waals surface area contributed by atoms with Crippen LogP contribution in [0.3, 0.4) is 0 Å². The van der Waals surface area contributed by atoms with Crippen molar-refractivity contribution in [2.24, 2.45) is 5.92 Å². The number of rotatable bonds is 7. The maximum Gasteiger partial charge on any atom is 0.191 e. The fourth-order valence-electron chi connectivity index (χ4n) is 3.17. The van der Waals surface area contributed by atoms with Gasteiger partial charge in [-0.1, -0.05) is 11.8 Å². The van der Waals surface area contributed by atoms with Crippen molar-refractivity contribution in [3.8, 4) is 0 Å². The van der Waals surface area contributed by atoms with Gasteiger partial charge in [0.1, 0.15) is 5.82 Å². The summed E-state index contributed by atoms with van der Waals surface area (Å²) in [5.41, 5.74) is 0. The summed E-state index contributed by atoms with van der Waals surface area (Å²) in [6.45, 7) is 1.81. The molecule has 1 saturated heterocycles. The molecule has 4 rings (SSSR count). The molecule has 2 unspecified atom stereocenters. The van der Waals surface area contributed by atoms with E-state index >= 15 is 0 Å². The third-order valence-corrected chi connectivity index (χ3v) is 5.90. The summed E-state index contributed by atoms with van der Waals surface area (Å²) < 4.78 is 7.97. The van der Waals surface area contributed by atoms with Gasteiger partial charge in [-0.2, -0.15) is 0 Å². The molecule has 0 bridgehead atoms. The molecule has 0 radical (unpaired) electrons. The molecule has 1 N–H and O–H groups in total. The van der Waals surface area contributed by atoms with Gasteiger partial charge in [0.05, 0.1) is 6.61 Å². The van der Waals surface area contributed by atoms with E-state index < -0.39 is 0 Å². The van der Waals surface area contributed by atoms with Gasteiger partial charge in [-0.15, -0.1) is 10.2 Å². The monoisotopic (exact) mass is 308 g/mol. The quantitative estimate of drug-likeness (QED) is 0.783. The van der Waals surface area contributed by atoms with Crippen LogP contribution in [-0.4, -0.2) is 46.8 Å². The maximum absolute atomic E-state index is 5.53. The molecule has 116 valence electrons. The van der Waals surface area contributed by atoms with Crippen molar-refractivity contribution in [3.05, 3.63) is 5.82 Å². The van der Waals surface area contributed by atoms with Crippen LogP contribution in [0.25, 0.3) is 0 Å². The number of nitrogens with one attached hydrogen (secondary N) is 1. The zero-order valence-corrected chi connectivity index (χ0v) is 13.4. The van der Waals surface area contributed by atoms with Crippen LogP contribution in [-0.2, 0) is 4.74 Å². The highest BCUT2D eigenvalue weighted by molar-refractivity contribution is 7.99. The molecule has 6 heteroatoms. The highest BCUT2D eigenvalue weighted by Gasteiger charge is 2.36. The van der Waals surface area contributed by atoms with Crippen LogP contribution in [0.15, 0.2) is 5.16 Å². The second-order valence-corrected chi connectivity index (χ2v) is 7.53. The van der Waals surface area contributed by atoms with Crippen molar-refractivity contribution >= 4 is 11.8 Å². The summed E-state index contributed by atoms with van der Waals surface area (Å²) >= 11 is 1.87. The fraction of sp³-hybridized carbons (Fsp3) is 0.867. The lowest BCUT2D eigenvalue weighted by Crippen LogP contribution is -2.36. The van der Waals surface area contributed by atoms with E-state index in [9.17, 15) is 0 Å². The first kappa shape index (κ1) is 14.0. The molecule has 21 heavy (non-hydrogen) atoms. The van der Waals surface area contributed by atoms with E-state index in [0.717, 1.165) is 24.1 Å². The summed E-state index contributed by atoms with van der Waals surface area (Å²) in [4.78, 5) is 0. The standard InChI is InChI=1S/C15H24N4OS/c1-16-13(11-6-7-20-8-11)9-21-15-18-17-14(10-2-3-10)19(15)12-4-5-12/h10-13,16H,2-9H2,1H3. The SMILES string of the molecule is CNC(CSc1nnc(C2CC2)n1C1CC1)C1CCOC1. The number of hydrogen-bond donors (Lipinski definition) is 1. The van der Waals surface area contributed by atoms with Gasteiger partial charge in [0.15, 0.2) is 5.16 Å². The van der Waals surface area contributed by atoms with E-state index in [1.165, 1.54) is 37.9 Å². The largest absolute Gasteiger partial charge is 0.381 e. The molecule has 2 atom stereocenters. The second kappa shape index (κ2) is 5.89. The molecule has 1 aromatic rings. The Hall–Kier alpha value is -0.590. The zero-order valence-electron chi connectivity index (χ0n) is 12.6. The topological polar surface area (TPSA) is 52.0 Å². The Bertz CT molecular complexity index is 492. The average Bonchev–Trinajstić information content (AvgIpc) is 3.43. The van der Waals surface area contributed by atoms with Crippen LogP contribution >= 0.6 is 11.8 Å². The number of hydrogen-bond acceptors (Lipinski definition) is 5. The molecule has 3 fully saturated rings. The predicted molar refractivity (Wildman–Crippen MR) is 82.8 cm³/mol. The molecule has 0 aromatic carbocycles. The molecular weight excluding hydrogens is 284 g/mol. The maximum atomic E-state index is 5.53. The number of aromatic nitrogens is 3. The van der Waals surface area contributed by atoms with E-state index in [-0.39, 0.29) is 0 Å². The van der Waals surface area contributed by atoms with Crippen molar-refractivity contribution in [2.75, 3.05) is 26.0 Å². The highest BCUT2D eigenvalue weighted by Crippen LogP contribution is 2.46. The number of ether oxygens (including phenoxy) is 1. The van der Waals surface area contributed by atoms with Crippen LogP contribution in [0.1, 0.15) is 49.9 Å². The number of thioether (sulfide) groups is 1. The predicted octanol–water partition coefficient (Wildman–Crippen LogP) is 2.21. The van der Waals surface area contributed by atoms with E-state index in [2.05, 4.69) is 27.1 Å². The van der Waals surface area contributed by atoms with Gasteiger partial charge in [0.25, 0.3) is 0 Å². The van der Waals surface area contributed by atoms with Gasteiger partial charge >= 0.3 is 0 Å². The minimum Gasteiger partial charge on any atom is -0.381 e. The molecular formula is C15H24N4OS. The van der Waals surface area contributed by atoms with Crippen molar-refractivity contribution in [1.82, 2.24) is 20.1 Å². The molecule has 1 aliphatic heterocycles. The molecule has 2 heterocycles. The Morgan fingerprint density at radius 3 is 2.76 bits per heavy atom. The van der Waals surface area contributed by atoms with Gasteiger partial charge in [-0.3, -0.25) is 0 Å². The van der Waals surface area contributed by atoms with Crippen molar-refractivity contribution in [2.45, 2.75) is 55.3 Å². The lowest BCUT2D eigenvalue weighted by Gasteiger charge is -2.21. The lowest BCUT2D eigenvalue weighted by atomic mass is 10.0. The molecule has 0 amide bonds. The van der Waals surface area contributed by atoms with Crippen LogP contribution < -0.4 is 5.32 Å². The van der Waals surface area contributed by atoms with Gasteiger partial charge < -0.3 is 14.6 Å². The Morgan fingerprint density at radius 2 is 2.14 bits per heavy atom. The summed E-state index contributed by atoms with van der Waals surface area (Å²) in [6.07, 6.45) is 6.38. The van der Waals surface area contributed by atoms with Gasteiger partial charge in [-0.05, 0) is 39.2 Å². The van der Waals surface area contributed by atoms with E-state index in [4.69, 9.17) is 4.74 Å². The fourth-order valence-corrected chi connectivity index (χ4v) is 4.42. The summed E-state index contributed by atoms with van der Waals surface area (Å²) in [7, 11) is 2.06. The molecule has 2 aliphatic carbocycles. The Balaban J connectivity index is 1.44. The van der Waals surface area contributed by atoms with Crippen molar-refractivity contribution < 1.29 is 4.74 Å². The van der Waals surface area contributed by atoms with Crippen LogP contribution in [0.5, 0.6) is 0 Å². The lowest BCUT2D eigenvalue weighted by molar-refractivity contribution is 0.179.